The van der Waals surface area contributed by atoms with Gasteiger partial charge in [0.1, 0.15) is 0 Å². The van der Waals surface area contributed by atoms with Gasteiger partial charge in [-0.15, -0.1) is 62.1 Å². The van der Waals surface area contributed by atoms with Crippen molar-refractivity contribution in [1.82, 2.24) is 9.13 Å². The number of unbranched alkanes of at least 4 members (excludes halogenated alkanes) is 24. The summed E-state index contributed by atoms with van der Waals surface area (Å²) < 4.78 is 23.9. The van der Waals surface area contributed by atoms with Gasteiger partial charge in [-0.3, -0.25) is 0 Å². The number of halogens is 2. The summed E-state index contributed by atoms with van der Waals surface area (Å²) in [6.07, 6.45) is 56.2. The van der Waals surface area contributed by atoms with E-state index >= 15 is 0 Å². The van der Waals surface area contributed by atoms with Crippen LogP contribution in [0, 0.1) is 13.1 Å². The summed E-state index contributed by atoms with van der Waals surface area (Å²) in [5, 5.41) is 0. The fourth-order valence-corrected chi connectivity index (χ4v) is 5.85. The Hall–Kier alpha value is -1.48. The third kappa shape index (κ3) is 39.2. The first-order chi connectivity index (χ1) is 24.3. The number of aromatic nitrogens is 2. The Morgan fingerprint density at radius 1 is 0.408 bits per heavy atom. The second kappa shape index (κ2) is 42.7. The Labute approximate surface area is 317 Å². The standard InChI is InChI=1S/2C22H38N.2FH.Zr/c2*1-2-3-4-5-6-7-8-9-10-11-12-13-14-15-16-17-20-23-21-18-19-22-23;;;/h2*9-10,18-22H,2-8,11-17H2,1H3;2*1H;/q2*-1;;;+4/p-2/b2*10-9-;;;. The maximum atomic E-state index is 9.80. The molecule has 49 heavy (non-hydrogen) atoms. The molecular formula is C44H76F2N2Zr. The molecule has 2 rings (SSSR count). The van der Waals surface area contributed by atoms with E-state index in [0.29, 0.717) is 0 Å². The molecule has 0 unspecified atom stereocenters. The minimum atomic E-state index is -2.77. The molecule has 0 fully saturated rings. The molecule has 0 aliphatic carbocycles. The molecular weight excluding hydrogens is 686 g/mol. The van der Waals surface area contributed by atoms with Gasteiger partial charge in [0.15, 0.2) is 0 Å². The van der Waals surface area contributed by atoms with E-state index in [9.17, 15) is 5.25 Å². The van der Waals surface area contributed by atoms with Crippen LogP contribution < -0.4 is 0 Å². The number of nitrogens with zero attached hydrogens (tertiary/aromatic N) is 2. The van der Waals surface area contributed by atoms with E-state index in [1.807, 2.05) is 0 Å². The van der Waals surface area contributed by atoms with Crippen LogP contribution in [0.15, 0.2) is 73.4 Å². The van der Waals surface area contributed by atoms with E-state index in [-0.39, 0.29) is 0 Å². The molecule has 0 aliphatic rings. The normalized spacial score (nSPS) is 10.9. The Bertz CT molecular complexity index is 807. The molecule has 2 heterocycles. The van der Waals surface area contributed by atoms with Crippen molar-refractivity contribution in [3.8, 4) is 0 Å². The van der Waals surface area contributed by atoms with Gasteiger partial charge in [0, 0.05) is 0 Å². The topological polar surface area (TPSA) is 9.86 Å². The van der Waals surface area contributed by atoms with Crippen LogP contribution in [0.5, 0.6) is 0 Å². The van der Waals surface area contributed by atoms with Crippen molar-refractivity contribution in [1.29, 1.82) is 0 Å². The molecule has 0 saturated heterocycles. The predicted octanol–water partition coefficient (Wildman–Crippen LogP) is 15.9. The molecule has 2 aromatic heterocycles. The van der Waals surface area contributed by atoms with Gasteiger partial charge >= 0.3 is 29.7 Å². The maximum absolute atomic E-state index is 9.80. The van der Waals surface area contributed by atoms with Crippen LogP contribution in [0.3, 0.4) is 0 Å². The predicted molar refractivity (Wildman–Crippen MR) is 209 cm³/mol. The molecule has 0 atom stereocenters. The first-order valence-corrected chi connectivity index (χ1v) is 22.3. The average Bonchev–Trinajstić information content (AvgIpc) is 3.84. The van der Waals surface area contributed by atoms with Crippen molar-refractivity contribution in [2.45, 2.75) is 194 Å². The van der Waals surface area contributed by atoms with Crippen LogP contribution >= 0.6 is 0 Å². The van der Waals surface area contributed by atoms with Crippen molar-refractivity contribution < 1.29 is 29.7 Å². The summed E-state index contributed by atoms with van der Waals surface area (Å²) >= 11 is -2.77. The van der Waals surface area contributed by atoms with Crippen LogP contribution in [0.1, 0.15) is 194 Å². The summed E-state index contributed by atoms with van der Waals surface area (Å²) in [5.41, 5.74) is 0. The molecule has 2 aromatic rings. The monoisotopic (exact) mass is 761 g/mol. The first kappa shape index (κ1) is 47.5. The summed E-state index contributed by atoms with van der Waals surface area (Å²) in [7, 11) is 0. The van der Waals surface area contributed by atoms with Gasteiger partial charge in [-0.25, -0.2) is 0 Å². The van der Waals surface area contributed by atoms with E-state index in [0.717, 1.165) is 0 Å². The van der Waals surface area contributed by atoms with Crippen LogP contribution in [0.2, 0.25) is 0 Å². The second-order valence-electron chi connectivity index (χ2n) is 13.4. The Kier molecular flexibility index (Phi) is 41.4. The van der Waals surface area contributed by atoms with E-state index in [1.165, 1.54) is 180 Å². The first-order valence-electron chi connectivity index (χ1n) is 20.5. The molecule has 0 N–H and O–H groups in total. The summed E-state index contributed by atoms with van der Waals surface area (Å²) in [4.78, 5) is 0. The average molecular weight is 762 g/mol. The fraction of sp³-hybridized carbons (Fsp3) is 0.682. The minimum absolute atomic E-state index is 1.20. The van der Waals surface area contributed by atoms with Gasteiger partial charge in [0.25, 0.3) is 0 Å². The number of hydrogen-bond donors (Lipinski definition) is 0. The second-order valence-corrected chi connectivity index (χ2v) is 13.8. The van der Waals surface area contributed by atoms with E-state index in [4.69, 9.17) is 0 Å². The van der Waals surface area contributed by atoms with Gasteiger partial charge in [-0.2, -0.15) is 0 Å². The zero-order valence-electron chi connectivity index (χ0n) is 32.0. The van der Waals surface area contributed by atoms with Crippen LogP contribution in [-0.4, -0.2) is 9.13 Å². The number of allylic oxidation sites excluding steroid dienone is 4. The molecule has 0 bridgehead atoms. The van der Waals surface area contributed by atoms with Gasteiger partial charge < -0.3 is 9.13 Å². The van der Waals surface area contributed by atoms with Crippen molar-refractivity contribution >= 4 is 0 Å². The molecule has 0 aromatic carbocycles. The van der Waals surface area contributed by atoms with Gasteiger partial charge in [-0.05, 0) is 51.4 Å². The van der Waals surface area contributed by atoms with Gasteiger partial charge in [-0.1, -0.05) is 167 Å². The van der Waals surface area contributed by atoms with Crippen LogP contribution in [0.4, 0.5) is 5.25 Å². The fourth-order valence-electron chi connectivity index (χ4n) is 5.85. The zero-order chi connectivity index (χ0) is 35.6. The molecule has 0 spiro atoms. The molecule has 0 aliphatic heterocycles. The van der Waals surface area contributed by atoms with Crippen LogP contribution in [-0.2, 0) is 24.5 Å². The summed E-state index contributed by atoms with van der Waals surface area (Å²) in [6, 6.07) is 8.32. The third-order valence-electron chi connectivity index (χ3n) is 8.87. The number of rotatable bonds is 32. The van der Waals surface area contributed by atoms with Gasteiger partial charge in [0.05, 0.1) is 0 Å². The molecule has 0 amide bonds. The molecule has 280 valence electrons. The van der Waals surface area contributed by atoms with E-state index in [2.05, 4.69) is 109 Å². The molecule has 0 radical (unpaired) electrons. The van der Waals surface area contributed by atoms with E-state index in [1.54, 1.807) is 0 Å². The SMILES string of the molecule is CCCCCCCC/C=C\CCCCCCC[CH-]n1cccc1.CCCCCCCC/C=C\CCCCCCC[CH-]n1cccc1.[F][Zr+2][F]. The quantitative estimate of drug-likeness (QED) is 0.0399. The van der Waals surface area contributed by atoms with Gasteiger partial charge in [0.2, 0.25) is 0 Å². The summed E-state index contributed by atoms with van der Waals surface area (Å²) in [6.45, 7) is 9.13. The van der Waals surface area contributed by atoms with E-state index < -0.39 is 24.5 Å². The molecule has 0 saturated carbocycles. The molecule has 2 nitrogen and oxygen atoms in total. The Balaban J connectivity index is 0.000000870. The zero-order valence-corrected chi connectivity index (χ0v) is 34.5. The Morgan fingerprint density at radius 3 is 0.939 bits per heavy atom. The number of hydrogen-bond acceptors (Lipinski definition) is 0. The Morgan fingerprint density at radius 2 is 0.653 bits per heavy atom. The summed E-state index contributed by atoms with van der Waals surface area (Å²) in [5.74, 6) is 0. The van der Waals surface area contributed by atoms with Crippen molar-refractivity contribution in [2.24, 2.45) is 0 Å². The van der Waals surface area contributed by atoms with Crippen molar-refractivity contribution in [3.63, 3.8) is 0 Å². The van der Waals surface area contributed by atoms with Crippen LogP contribution in [0.25, 0.3) is 0 Å². The van der Waals surface area contributed by atoms with Crippen molar-refractivity contribution in [3.05, 3.63) is 86.4 Å². The molecule has 5 heteroatoms. The van der Waals surface area contributed by atoms with Crippen molar-refractivity contribution in [2.75, 3.05) is 0 Å². The third-order valence-corrected chi connectivity index (χ3v) is 8.87.